The third-order valence-electron chi connectivity index (χ3n) is 4.94. The fourth-order valence-electron chi connectivity index (χ4n) is 3.50. The standard InChI is InChI=1S/C21H24N4/c1-14-11-12-15(2)19(13-14)24-21-23-18-10-6-5-9-17(18)20(25-21)22-16-7-3-4-8-16/h5-6,9-13,16H,3-4,7-8H2,1-2H3,(H2,22,23,24,25). The average molecular weight is 332 g/mol. The largest absolute Gasteiger partial charge is 0.367 e. The Morgan fingerprint density at radius 1 is 0.960 bits per heavy atom. The van der Waals surface area contributed by atoms with Crippen LogP contribution in [0.3, 0.4) is 0 Å². The molecule has 3 aromatic rings. The number of hydrogen-bond acceptors (Lipinski definition) is 4. The molecule has 0 bridgehead atoms. The van der Waals surface area contributed by atoms with Crippen molar-refractivity contribution in [2.24, 2.45) is 0 Å². The van der Waals surface area contributed by atoms with E-state index in [9.17, 15) is 0 Å². The quantitative estimate of drug-likeness (QED) is 0.676. The first kappa shape index (κ1) is 15.9. The summed E-state index contributed by atoms with van der Waals surface area (Å²) in [5, 5.41) is 8.14. The van der Waals surface area contributed by atoms with Crippen molar-refractivity contribution in [3.8, 4) is 0 Å². The summed E-state index contributed by atoms with van der Waals surface area (Å²) in [6.45, 7) is 4.19. The minimum Gasteiger partial charge on any atom is -0.367 e. The second-order valence-electron chi connectivity index (χ2n) is 6.98. The highest BCUT2D eigenvalue weighted by molar-refractivity contribution is 5.90. The van der Waals surface area contributed by atoms with Gasteiger partial charge in [-0.15, -0.1) is 0 Å². The van der Waals surface area contributed by atoms with Gasteiger partial charge in [0.2, 0.25) is 5.95 Å². The lowest BCUT2D eigenvalue weighted by Gasteiger charge is -2.16. The predicted molar refractivity (Wildman–Crippen MR) is 105 cm³/mol. The average Bonchev–Trinajstić information content (AvgIpc) is 3.11. The van der Waals surface area contributed by atoms with E-state index < -0.39 is 0 Å². The molecular formula is C21H24N4. The van der Waals surface area contributed by atoms with Gasteiger partial charge in [0, 0.05) is 17.1 Å². The summed E-state index contributed by atoms with van der Waals surface area (Å²) in [6.07, 6.45) is 5.04. The van der Waals surface area contributed by atoms with E-state index in [1.165, 1.54) is 36.8 Å². The van der Waals surface area contributed by atoms with Crippen molar-refractivity contribution in [1.29, 1.82) is 0 Å². The van der Waals surface area contributed by atoms with Crippen molar-refractivity contribution < 1.29 is 0 Å². The van der Waals surface area contributed by atoms with Crippen molar-refractivity contribution in [3.05, 3.63) is 53.6 Å². The van der Waals surface area contributed by atoms with Gasteiger partial charge in [-0.05, 0) is 56.0 Å². The summed E-state index contributed by atoms with van der Waals surface area (Å²) in [5.41, 5.74) is 4.43. The molecule has 4 rings (SSSR count). The Hall–Kier alpha value is -2.62. The molecule has 1 saturated carbocycles. The monoisotopic (exact) mass is 332 g/mol. The minimum atomic E-state index is 0.520. The molecule has 0 radical (unpaired) electrons. The van der Waals surface area contributed by atoms with Crippen LogP contribution in [0.15, 0.2) is 42.5 Å². The van der Waals surface area contributed by atoms with E-state index in [1.54, 1.807) is 0 Å². The maximum absolute atomic E-state index is 4.80. The van der Waals surface area contributed by atoms with Gasteiger partial charge in [0.25, 0.3) is 0 Å². The number of para-hydroxylation sites is 1. The molecule has 1 heterocycles. The normalized spacial score (nSPS) is 14.8. The summed E-state index contributed by atoms with van der Waals surface area (Å²) < 4.78 is 0. The topological polar surface area (TPSA) is 49.8 Å². The molecular weight excluding hydrogens is 308 g/mol. The van der Waals surface area contributed by atoms with Gasteiger partial charge >= 0.3 is 0 Å². The van der Waals surface area contributed by atoms with Crippen LogP contribution < -0.4 is 10.6 Å². The molecule has 0 atom stereocenters. The Morgan fingerprint density at radius 2 is 1.76 bits per heavy atom. The van der Waals surface area contributed by atoms with Crippen molar-refractivity contribution in [2.45, 2.75) is 45.6 Å². The third-order valence-corrected chi connectivity index (χ3v) is 4.94. The molecule has 4 nitrogen and oxygen atoms in total. The van der Waals surface area contributed by atoms with E-state index in [-0.39, 0.29) is 0 Å². The van der Waals surface area contributed by atoms with Gasteiger partial charge in [-0.2, -0.15) is 4.98 Å². The van der Waals surface area contributed by atoms with E-state index in [4.69, 9.17) is 9.97 Å². The zero-order valence-electron chi connectivity index (χ0n) is 14.8. The fourth-order valence-corrected chi connectivity index (χ4v) is 3.50. The zero-order chi connectivity index (χ0) is 17.2. The summed E-state index contributed by atoms with van der Waals surface area (Å²) in [6, 6.07) is 15.1. The van der Waals surface area contributed by atoms with Crippen molar-refractivity contribution >= 4 is 28.4 Å². The Bertz CT molecular complexity index is 898. The molecule has 1 aromatic heterocycles. The van der Waals surface area contributed by atoms with Crippen molar-refractivity contribution in [1.82, 2.24) is 9.97 Å². The van der Waals surface area contributed by atoms with Crippen molar-refractivity contribution in [3.63, 3.8) is 0 Å². The number of nitrogens with zero attached hydrogens (tertiary/aromatic N) is 2. The number of fused-ring (bicyclic) bond motifs is 1. The number of benzene rings is 2. The van der Waals surface area contributed by atoms with Crippen LogP contribution in [0.5, 0.6) is 0 Å². The van der Waals surface area contributed by atoms with Gasteiger partial charge < -0.3 is 10.6 Å². The van der Waals surface area contributed by atoms with Crippen LogP contribution in [0, 0.1) is 13.8 Å². The highest BCUT2D eigenvalue weighted by Gasteiger charge is 2.17. The first-order valence-corrected chi connectivity index (χ1v) is 9.06. The van der Waals surface area contributed by atoms with Gasteiger partial charge in [-0.1, -0.05) is 37.1 Å². The summed E-state index contributed by atoms with van der Waals surface area (Å²) in [5.74, 6) is 1.58. The highest BCUT2D eigenvalue weighted by Crippen LogP contribution is 2.28. The molecule has 0 aliphatic heterocycles. The maximum atomic E-state index is 4.80. The fraction of sp³-hybridized carbons (Fsp3) is 0.333. The van der Waals surface area contributed by atoms with E-state index in [0.717, 1.165) is 22.4 Å². The smallest absolute Gasteiger partial charge is 0.229 e. The first-order chi connectivity index (χ1) is 12.2. The lowest BCUT2D eigenvalue weighted by atomic mass is 10.1. The molecule has 25 heavy (non-hydrogen) atoms. The Balaban J connectivity index is 1.72. The van der Waals surface area contributed by atoms with Gasteiger partial charge in [0.05, 0.1) is 5.52 Å². The van der Waals surface area contributed by atoms with Gasteiger partial charge in [-0.3, -0.25) is 0 Å². The highest BCUT2D eigenvalue weighted by atomic mass is 15.2. The van der Waals surface area contributed by atoms with E-state index in [1.807, 2.05) is 18.2 Å². The number of nitrogens with one attached hydrogen (secondary N) is 2. The molecule has 0 amide bonds. The Kier molecular flexibility index (Phi) is 4.26. The van der Waals surface area contributed by atoms with Gasteiger partial charge in [0.1, 0.15) is 5.82 Å². The minimum absolute atomic E-state index is 0.520. The number of anilines is 3. The number of hydrogen-bond donors (Lipinski definition) is 2. The van der Waals surface area contributed by atoms with Crippen LogP contribution in [-0.2, 0) is 0 Å². The first-order valence-electron chi connectivity index (χ1n) is 9.06. The van der Waals surface area contributed by atoms with Gasteiger partial charge in [-0.25, -0.2) is 4.98 Å². The van der Waals surface area contributed by atoms with Crippen LogP contribution in [-0.4, -0.2) is 16.0 Å². The molecule has 2 aromatic carbocycles. The number of aryl methyl sites for hydroxylation is 2. The van der Waals surface area contributed by atoms with Crippen LogP contribution in [0.1, 0.15) is 36.8 Å². The second-order valence-corrected chi connectivity index (χ2v) is 6.98. The summed E-state index contributed by atoms with van der Waals surface area (Å²) in [4.78, 5) is 9.51. The zero-order valence-corrected chi connectivity index (χ0v) is 14.8. The van der Waals surface area contributed by atoms with Gasteiger partial charge in [0.15, 0.2) is 0 Å². The summed E-state index contributed by atoms with van der Waals surface area (Å²) >= 11 is 0. The molecule has 4 heteroatoms. The van der Waals surface area contributed by atoms with Crippen LogP contribution in [0.4, 0.5) is 17.5 Å². The predicted octanol–water partition coefficient (Wildman–Crippen LogP) is 5.34. The Morgan fingerprint density at radius 3 is 2.60 bits per heavy atom. The third kappa shape index (κ3) is 3.43. The molecule has 0 saturated heterocycles. The molecule has 1 aliphatic carbocycles. The van der Waals surface area contributed by atoms with E-state index in [2.05, 4.69) is 48.7 Å². The lowest BCUT2D eigenvalue weighted by Crippen LogP contribution is -2.16. The molecule has 2 N–H and O–H groups in total. The SMILES string of the molecule is Cc1ccc(C)c(Nc2nc(NC3CCCC3)c3ccccc3n2)c1. The molecule has 0 unspecified atom stereocenters. The number of rotatable bonds is 4. The van der Waals surface area contributed by atoms with Crippen LogP contribution in [0.25, 0.3) is 10.9 Å². The summed E-state index contributed by atoms with van der Waals surface area (Å²) in [7, 11) is 0. The number of aromatic nitrogens is 2. The maximum Gasteiger partial charge on any atom is 0.229 e. The molecule has 0 spiro atoms. The van der Waals surface area contributed by atoms with Crippen LogP contribution in [0.2, 0.25) is 0 Å². The van der Waals surface area contributed by atoms with E-state index in [0.29, 0.717) is 12.0 Å². The molecule has 1 fully saturated rings. The Labute approximate surface area is 148 Å². The lowest BCUT2D eigenvalue weighted by molar-refractivity contribution is 0.752. The van der Waals surface area contributed by atoms with Crippen molar-refractivity contribution in [2.75, 3.05) is 10.6 Å². The second kappa shape index (κ2) is 6.71. The molecule has 128 valence electrons. The van der Waals surface area contributed by atoms with Crippen LogP contribution >= 0.6 is 0 Å². The molecule has 1 aliphatic rings. The van der Waals surface area contributed by atoms with E-state index >= 15 is 0 Å².